The van der Waals surface area contributed by atoms with Crippen LogP contribution in [-0.4, -0.2) is 36.9 Å². The predicted octanol–water partition coefficient (Wildman–Crippen LogP) is 2.92. The molecule has 1 aliphatic rings. The van der Waals surface area contributed by atoms with Crippen molar-refractivity contribution in [3.8, 4) is 0 Å². The van der Waals surface area contributed by atoms with E-state index in [1.165, 1.54) is 12.1 Å². The molecule has 1 saturated heterocycles. The predicted molar refractivity (Wildman–Crippen MR) is 74.8 cm³/mol. The summed E-state index contributed by atoms with van der Waals surface area (Å²) in [6.45, 7) is 4.38. The van der Waals surface area contributed by atoms with Gasteiger partial charge in [0, 0.05) is 25.4 Å². The zero-order valence-electron chi connectivity index (χ0n) is 11.6. The average molecular weight is 281 g/mol. The van der Waals surface area contributed by atoms with Gasteiger partial charge in [-0.25, -0.2) is 9.18 Å². The van der Waals surface area contributed by atoms with Crippen LogP contribution in [0.4, 0.5) is 10.1 Å². The minimum Gasteiger partial charge on any atom is -0.478 e. The van der Waals surface area contributed by atoms with Crippen LogP contribution in [0.2, 0.25) is 0 Å². The summed E-state index contributed by atoms with van der Waals surface area (Å²) in [7, 11) is 0. The number of benzene rings is 1. The number of nitrogens with zero attached hydrogens (tertiary/aromatic N) is 1. The minimum atomic E-state index is -1.24. The van der Waals surface area contributed by atoms with Crippen molar-refractivity contribution < 1.29 is 19.0 Å². The van der Waals surface area contributed by atoms with Crippen LogP contribution in [0.5, 0.6) is 0 Å². The summed E-state index contributed by atoms with van der Waals surface area (Å²) in [4.78, 5) is 12.9. The fraction of sp³-hybridized carbons (Fsp3) is 0.533. The Kier molecular flexibility index (Phi) is 4.95. The maximum atomic E-state index is 13.7. The minimum absolute atomic E-state index is 0.172. The molecule has 20 heavy (non-hydrogen) atoms. The Morgan fingerprint density at radius 2 is 2.35 bits per heavy atom. The number of ether oxygens (including phenoxy) is 1. The SMILES string of the molecule is CCCOC1CCCN(c2ccc(C(=O)O)c(F)c2)C1. The third-order valence-corrected chi connectivity index (χ3v) is 3.48. The molecule has 4 nitrogen and oxygen atoms in total. The molecule has 1 aromatic rings. The fourth-order valence-corrected chi connectivity index (χ4v) is 2.47. The number of carboxylic acids is 1. The molecule has 1 aliphatic heterocycles. The second-order valence-electron chi connectivity index (χ2n) is 5.05. The molecule has 1 fully saturated rings. The van der Waals surface area contributed by atoms with Gasteiger partial charge in [0.25, 0.3) is 0 Å². The molecule has 1 N–H and O–H groups in total. The van der Waals surface area contributed by atoms with E-state index in [1.807, 2.05) is 0 Å². The topological polar surface area (TPSA) is 49.8 Å². The molecule has 0 aliphatic carbocycles. The van der Waals surface area contributed by atoms with Gasteiger partial charge in [-0.05, 0) is 37.5 Å². The molecule has 0 bridgehead atoms. The summed E-state index contributed by atoms with van der Waals surface area (Å²) in [5.74, 6) is -1.93. The number of piperidine rings is 1. The third kappa shape index (κ3) is 3.48. The second kappa shape index (κ2) is 6.70. The molecule has 5 heteroatoms. The van der Waals surface area contributed by atoms with Crippen molar-refractivity contribution >= 4 is 11.7 Å². The van der Waals surface area contributed by atoms with Gasteiger partial charge in [0.15, 0.2) is 0 Å². The van der Waals surface area contributed by atoms with Crippen molar-refractivity contribution in [2.24, 2.45) is 0 Å². The van der Waals surface area contributed by atoms with Crippen molar-refractivity contribution in [1.82, 2.24) is 0 Å². The van der Waals surface area contributed by atoms with E-state index in [-0.39, 0.29) is 11.7 Å². The van der Waals surface area contributed by atoms with Gasteiger partial charge in [-0.3, -0.25) is 0 Å². The van der Waals surface area contributed by atoms with Gasteiger partial charge in [0.2, 0.25) is 0 Å². The van der Waals surface area contributed by atoms with E-state index in [0.717, 1.165) is 44.6 Å². The van der Waals surface area contributed by atoms with E-state index in [0.29, 0.717) is 0 Å². The number of hydrogen-bond acceptors (Lipinski definition) is 3. The summed E-state index contributed by atoms with van der Waals surface area (Å²) in [5, 5.41) is 8.83. The summed E-state index contributed by atoms with van der Waals surface area (Å²) in [6, 6.07) is 4.28. The second-order valence-corrected chi connectivity index (χ2v) is 5.05. The number of carbonyl (C=O) groups is 1. The molecule has 0 saturated carbocycles. The summed E-state index contributed by atoms with van der Waals surface area (Å²) >= 11 is 0. The highest BCUT2D eigenvalue weighted by molar-refractivity contribution is 5.88. The van der Waals surface area contributed by atoms with Crippen LogP contribution in [0.15, 0.2) is 18.2 Å². The van der Waals surface area contributed by atoms with Crippen LogP contribution in [-0.2, 0) is 4.74 Å². The highest BCUT2D eigenvalue weighted by atomic mass is 19.1. The number of rotatable bonds is 5. The fourth-order valence-electron chi connectivity index (χ4n) is 2.47. The third-order valence-electron chi connectivity index (χ3n) is 3.48. The van der Waals surface area contributed by atoms with Crippen LogP contribution in [0.3, 0.4) is 0 Å². The number of anilines is 1. The first-order valence-electron chi connectivity index (χ1n) is 7.01. The first kappa shape index (κ1) is 14.8. The zero-order chi connectivity index (χ0) is 14.5. The quantitative estimate of drug-likeness (QED) is 0.901. The van der Waals surface area contributed by atoms with E-state index in [1.54, 1.807) is 6.07 Å². The molecule has 0 radical (unpaired) electrons. The van der Waals surface area contributed by atoms with Gasteiger partial charge in [-0.1, -0.05) is 6.92 Å². The van der Waals surface area contributed by atoms with E-state index in [9.17, 15) is 9.18 Å². The normalized spacial score (nSPS) is 19.1. The first-order valence-corrected chi connectivity index (χ1v) is 7.01. The number of aromatic carboxylic acids is 1. The highest BCUT2D eigenvalue weighted by Crippen LogP contribution is 2.23. The molecule has 110 valence electrons. The smallest absolute Gasteiger partial charge is 0.338 e. The van der Waals surface area contributed by atoms with Crippen molar-refractivity contribution in [3.05, 3.63) is 29.6 Å². The monoisotopic (exact) mass is 281 g/mol. The van der Waals surface area contributed by atoms with Crippen molar-refractivity contribution in [1.29, 1.82) is 0 Å². The maximum Gasteiger partial charge on any atom is 0.338 e. The Hall–Kier alpha value is -1.62. The molecule has 1 unspecified atom stereocenters. The lowest BCUT2D eigenvalue weighted by molar-refractivity contribution is 0.0440. The molecule has 1 aromatic carbocycles. The van der Waals surface area contributed by atoms with Crippen LogP contribution >= 0.6 is 0 Å². The average Bonchev–Trinajstić information content (AvgIpc) is 2.45. The summed E-state index contributed by atoms with van der Waals surface area (Å²) in [5.41, 5.74) is 0.432. The van der Waals surface area contributed by atoms with Gasteiger partial charge in [-0.2, -0.15) is 0 Å². The van der Waals surface area contributed by atoms with Gasteiger partial charge in [-0.15, -0.1) is 0 Å². The van der Waals surface area contributed by atoms with Gasteiger partial charge in [0.05, 0.1) is 11.7 Å². The van der Waals surface area contributed by atoms with Crippen LogP contribution < -0.4 is 4.90 Å². The molecular weight excluding hydrogens is 261 g/mol. The lowest BCUT2D eigenvalue weighted by Crippen LogP contribution is -2.39. The lowest BCUT2D eigenvalue weighted by Gasteiger charge is -2.34. The summed E-state index contributed by atoms with van der Waals surface area (Å²) < 4.78 is 19.5. The maximum absolute atomic E-state index is 13.7. The van der Waals surface area contributed by atoms with Gasteiger partial charge < -0.3 is 14.7 Å². The molecule has 1 heterocycles. The van der Waals surface area contributed by atoms with Crippen molar-refractivity contribution in [3.63, 3.8) is 0 Å². The first-order chi connectivity index (χ1) is 9.61. The zero-order valence-corrected chi connectivity index (χ0v) is 11.6. The van der Waals surface area contributed by atoms with Crippen molar-refractivity contribution in [2.45, 2.75) is 32.3 Å². The highest BCUT2D eigenvalue weighted by Gasteiger charge is 2.21. The van der Waals surface area contributed by atoms with Crippen molar-refractivity contribution in [2.75, 3.05) is 24.6 Å². The van der Waals surface area contributed by atoms with E-state index in [4.69, 9.17) is 9.84 Å². The molecule has 0 aromatic heterocycles. The Labute approximate surface area is 118 Å². The van der Waals surface area contributed by atoms with E-state index >= 15 is 0 Å². The number of halogens is 1. The van der Waals surface area contributed by atoms with E-state index in [2.05, 4.69) is 11.8 Å². The van der Waals surface area contributed by atoms with Crippen LogP contribution in [0, 0.1) is 5.82 Å². The molecule has 1 atom stereocenters. The van der Waals surface area contributed by atoms with Crippen LogP contribution in [0.1, 0.15) is 36.5 Å². The Morgan fingerprint density at radius 3 is 3.00 bits per heavy atom. The number of hydrogen-bond donors (Lipinski definition) is 1. The molecular formula is C15H20FNO3. The molecule has 0 spiro atoms. The van der Waals surface area contributed by atoms with Gasteiger partial charge in [0.1, 0.15) is 5.82 Å². The van der Waals surface area contributed by atoms with Gasteiger partial charge >= 0.3 is 5.97 Å². The Bertz CT molecular complexity index is 478. The molecule has 2 rings (SSSR count). The summed E-state index contributed by atoms with van der Waals surface area (Å²) in [6.07, 6.45) is 3.17. The largest absolute Gasteiger partial charge is 0.478 e. The van der Waals surface area contributed by atoms with Crippen LogP contribution in [0.25, 0.3) is 0 Å². The van der Waals surface area contributed by atoms with E-state index < -0.39 is 11.8 Å². The Morgan fingerprint density at radius 1 is 1.55 bits per heavy atom. The molecule has 0 amide bonds. The Balaban J connectivity index is 2.07. The standard InChI is InChI=1S/C15H20FNO3/c1-2-8-20-12-4-3-7-17(10-12)11-5-6-13(15(18)19)14(16)9-11/h5-6,9,12H,2-4,7-8,10H2,1H3,(H,18,19). The lowest BCUT2D eigenvalue weighted by atomic mass is 10.1. The number of carboxylic acid groups (broad SMARTS) is 1.